The van der Waals surface area contributed by atoms with Crippen molar-refractivity contribution in [3.8, 4) is 0 Å². The minimum absolute atomic E-state index is 0.0385. The molecule has 2 aromatic carbocycles. The molecule has 0 bridgehead atoms. The lowest BCUT2D eigenvalue weighted by Crippen LogP contribution is -2.35. The maximum atomic E-state index is 12.7. The van der Waals surface area contributed by atoms with Crippen LogP contribution in [0.5, 0.6) is 0 Å². The molecular formula is C20H21N3OS. The number of amides is 2. The molecule has 0 saturated heterocycles. The molecule has 0 saturated carbocycles. The fourth-order valence-corrected chi connectivity index (χ4v) is 3.94. The number of hydrogen-bond acceptors (Lipinski definition) is 2. The summed E-state index contributed by atoms with van der Waals surface area (Å²) < 4.78 is 2.18. The molecule has 3 aromatic rings. The van der Waals surface area contributed by atoms with E-state index in [1.54, 1.807) is 11.8 Å². The van der Waals surface area contributed by atoms with Crippen LogP contribution in [0.15, 0.2) is 53.6 Å². The van der Waals surface area contributed by atoms with Crippen LogP contribution < -0.4 is 5.32 Å². The van der Waals surface area contributed by atoms with Gasteiger partial charge in [0.05, 0.1) is 0 Å². The Balaban J connectivity index is 1.56. The van der Waals surface area contributed by atoms with Gasteiger partial charge in [0.15, 0.2) is 0 Å². The van der Waals surface area contributed by atoms with E-state index in [1.165, 1.54) is 26.9 Å². The standard InChI is InChI=1S/C20H21N3OS/c1-22-12-15-10-11-23(13-14-4-3-5-18(22)19(14)15)20(24)21-16-6-8-17(25-2)9-7-16/h3-9,12H,10-11,13H2,1-2H3,(H,21,24). The quantitative estimate of drug-likeness (QED) is 0.691. The smallest absolute Gasteiger partial charge is 0.322 e. The Morgan fingerprint density at radius 1 is 1.12 bits per heavy atom. The van der Waals surface area contributed by atoms with E-state index in [-0.39, 0.29) is 6.03 Å². The highest BCUT2D eigenvalue weighted by Crippen LogP contribution is 2.29. The van der Waals surface area contributed by atoms with Gasteiger partial charge < -0.3 is 14.8 Å². The molecule has 0 radical (unpaired) electrons. The summed E-state index contributed by atoms with van der Waals surface area (Å²) in [6, 6.07) is 14.3. The van der Waals surface area contributed by atoms with Crippen molar-refractivity contribution in [2.75, 3.05) is 18.1 Å². The summed E-state index contributed by atoms with van der Waals surface area (Å²) in [6.07, 6.45) is 5.12. The number of carbonyl (C=O) groups excluding carboxylic acids is 1. The number of urea groups is 1. The maximum absolute atomic E-state index is 12.7. The Bertz CT molecular complexity index is 930. The van der Waals surface area contributed by atoms with Crippen molar-refractivity contribution in [3.63, 3.8) is 0 Å². The number of carbonyl (C=O) groups is 1. The van der Waals surface area contributed by atoms with E-state index in [0.717, 1.165) is 18.7 Å². The van der Waals surface area contributed by atoms with Crippen LogP contribution in [-0.4, -0.2) is 28.3 Å². The van der Waals surface area contributed by atoms with Crippen LogP contribution in [0.4, 0.5) is 10.5 Å². The largest absolute Gasteiger partial charge is 0.350 e. The Labute approximate surface area is 151 Å². The van der Waals surface area contributed by atoms with Gasteiger partial charge in [-0.05, 0) is 54.1 Å². The molecule has 5 heteroatoms. The molecule has 1 aliphatic rings. The molecule has 0 spiro atoms. The van der Waals surface area contributed by atoms with Crippen molar-refractivity contribution in [2.24, 2.45) is 7.05 Å². The zero-order valence-corrected chi connectivity index (χ0v) is 15.3. The van der Waals surface area contributed by atoms with Crippen molar-refractivity contribution in [2.45, 2.75) is 17.9 Å². The Hall–Kier alpha value is -2.40. The van der Waals surface area contributed by atoms with Gasteiger partial charge >= 0.3 is 6.03 Å². The number of nitrogens with zero attached hydrogens (tertiary/aromatic N) is 2. The Morgan fingerprint density at radius 2 is 1.92 bits per heavy atom. The van der Waals surface area contributed by atoms with Crippen LogP contribution in [0.1, 0.15) is 11.1 Å². The molecule has 2 heterocycles. The molecule has 1 N–H and O–H groups in total. The average molecular weight is 351 g/mol. The number of thioether (sulfide) groups is 1. The lowest BCUT2D eigenvalue weighted by Gasteiger charge is -2.22. The summed E-state index contributed by atoms with van der Waals surface area (Å²) in [5.74, 6) is 0. The molecule has 0 fully saturated rings. The molecule has 4 nitrogen and oxygen atoms in total. The second kappa shape index (κ2) is 6.48. The first-order valence-electron chi connectivity index (χ1n) is 8.41. The molecule has 0 unspecified atom stereocenters. The lowest BCUT2D eigenvalue weighted by molar-refractivity contribution is 0.210. The zero-order valence-electron chi connectivity index (χ0n) is 14.5. The van der Waals surface area contributed by atoms with Crippen LogP contribution in [0.2, 0.25) is 0 Å². The van der Waals surface area contributed by atoms with Crippen molar-refractivity contribution >= 4 is 34.4 Å². The number of aromatic nitrogens is 1. The number of aryl methyl sites for hydroxylation is 1. The number of benzene rings is 2. The van der Waals surface area contributed by atoms with Gasteiger partial charge in [-0.1, -0.05) is 12.1 Å². The molecule has 0 aliphatic carbocycles. The summed E-state index contributed by atoms with van der Waals surface area (Å²) in [6.45, 7) is 1.37. The van der Waals surface area contributed by atoms with Gasteiger partial charge in [-0.25, -0.2) is 4.79 Å². The van der Waals surface area contributed by atoms with Gasteiger partial charge in [0.1, 0.15) is 0 Å². The van der Waals surface area contributed by atoms with E-state index in [9.17, 15) is 4.79 Å². The zero-order chi connectivity index (χ0) is 17.4. The lowest BCUT2D eigenvalue weighted by atomic mass is 10.1. The van der Waals surface area contributed by atoms with Crippen molar-refractivity contribution in [1.29, 1.82) is 0 Å². The Kier molecular flexibility index (Phi) is 4.17. The van der Waals surface area contributed by atoms with E-state index < -0.39 is 0 Å². The third kappa shape index (κ3) is 3.00. The maximum Gasteiger partial charge on any atom is 0.322 e. The highest BCUT2D eigenvalue weighted by atomic mass is 32.2. The highest BCUT2D eigenvalue weighted by molar-refractivity contribution is 7.98. The van der Waals surface area contributed by atoms with Crippen LogP contribution in [0.25, 0.3) is 10.9 Å². The van der Waals surface area contributed by atoms with E-state index in [1.807, 2.05) is 35.4 Å². The van der Waals surface area contributed by atoms with E-state index in [0.29, 0.717) is 6.54 Å². The number of nitrogens with one attached hydrogen (secondary N) is 1. The molecule has 128 valence electrons. The normalized spacial score (nSPS) is 13.8. The van der Waals surface area contributed by atoms with Gasteiger partial charge in [-0.15, -0.1) is 11.8 Å². The van der Waals surface area contributed by atoms with Crippen molar-refractivity contribution in [1.82, 2.24) is 9.47 Å². The minimum Gasteiger partial charge on any atom is -0.350 e. The van der Waals surface area contributed by atoms with E-state index in [4.69, 9.17) is 0 Å². The molecule has 1 aromatic heterocycles. The predicted octanol–water partition coefficient (Wildman–Crippen LogP) is 4.49. The third-order valence-corrected chi connectivity index (χ3v) is 5.56. The molecule has 25 heavy (non-hydrogen) atoms. The summed E-state index contributed by atoms with van der Waals surface area (Å²) in [7, 11) is 2.08. The minimum atomic E-state index is -0.0385. The van der Waals surface area contributed by atoms with E-state index >= 15 is 0 Å². The number of anilines is 1. The first kappa shape index (κ1) is 16.1. The van der Waals surface area contributed by atoms with Crippen molar-refractivity contribution in [3.05, 3.63) is 59.8 Å². The fraction of sp³-hybridized carbons (Fsp3) is 0.250. The van der Waals surface area contributed by atoms with Gasteiger partial charge in [-0.3, -0.25) is 0 Å². The van der Waals surface area contributed by atoms with E-state index in [2.05, 4.69) is 41.3 Å². The number of rotatable bonds is 2. The monoisotopic (exact) mass is 351 g/mol. The molecule has 0 atom stereocenters. The predicted molar refractivity (Wildman–Crippen MR) is 104 cm³/mol. The van der Waals surface area contributed by atoms with Crippen LogP contribution in [0, 0.1) is 0 Å². The van der Waals surface area contributed by atoms with Gasteiger partial charge in [0.25, 0.3) is 0 Å². The summed E-state index contributed by atoms with van der Waals surface area (Å²) in [4.78, 5) is 15.8. The second-order valence-electron chi connectivity index (χ2n) is 6.41. The van der Waals surface area contributed by atoms with Crippen LogP contribution in [0.3, 0.4) is 0 Å². The van der Waals surface area contributed by atoms with Gasteiger partial charge in [0, 0.05) is 47.8 Å². The third-order valence-electron chi connectivity index (χ3n) is 4.82. The average Bonchev–Trinajstić information content (AvgIpc) is 2.84. The van der Waals surface area contributed by atoms with Gasteiger partial charge in [0.2, 0.25) is 0 Å². The summed E-state index contributed by atoms with van der Waals surface area (Å²) >= 11 is 1.69. The van der Waals surface area contributed by atoms with Gasteiger partial charge in [-0.2, -0.15) is 0 Å². The molecule has 2 amide bonds. The first-order valence-corrected chi connectivity index (χ1v) is 9.64. The molecule has 1 aliphatic heterocycles. The fourth-order valence-electron chi connectivity index (χ4n) is 3.53. The summed E-state index contributed by atoms with van der Waals surface area (Å²) in [5.41, 5.74) is 4.62. The Morgan fingerprint density at radius 3 is 2.68 bits per heavy atom. The first-order chi connectivity index (χ1) is 12.2. The summed E-state index contributed by atoms with van der Waals surface area (Å²) in [5, 5.41) is 4.34. The SMILES string of the molecule is CSc1ccc(NC(=O)N2CCc3cn(C)c4cccc(c34)C2)cc1. The molecular weight excluding hydrogens is 330 g/mol. The highest BCUT2D eigenvalue weighted by Gasteiger charge is 2.21. The second-order valence-corrected chi connectivity index (χ2v) is 7.29. The number of hydrogen-bond donors (Lipinski definition) is 1. The van der Waals surface area contributed by atoms with Crippen molar-refractivity contribution < 1.29 is 4.79 Å². The van der Waals surface area contributed by atoms with Crippen LogP contribution >= 0.6 is 11.8 Å². The van der Waals surface area contributed by atoms with Crippen LogP contribution in [-0.2, 0) is 20.0 Å². The topological polar surface area (TPSA) is 37.3 Å². The molecule has 4 rings (SSSR count).